The number of sulfonamides is 1. The Hall–Kier alpha value is -1.12. The summed E-state index contributed by atoms with van der Waals surface area (Å²) in [6, 6.07) is 5.15. The Kier molecular flexibility index (Phi) is 4.60. The zero-order chi connectivity index (χ0) is 15.7. The molecule has 0 fully saturated rings. The lowest BCUT2D eigenvalue weighted by molar-refractivity contribution is 0.483. The molecule has 1 aliphatic heterocycles. The molecule has 0 aromatic heterocycles. The predicted octanol–water partition coefficient (Wildman–Crippen LogP) is 0.710. The van der Waals surface area contributed by atoms with Crippen LogP contribution in [0.15, 0.2) is 23.1 Å². The van der Waals surface area contributed by atoms with E-state index in [1.165, 1.54) is 7.05 Å². The average Bonchev–Trinajstić information content (AvgIpc) is 2.43. The van der Waals surface area contributed by atoms with Crippen LogP contribution in [0.3, 0.4) is 0 Å². The van der Waals surface area contributed by atoms with Gasteiger partial charge in [-0.15, -0.1) is 0 Å². The molecule has 1 N–H and O–H groups in total. The van der Waals surface area contributed by atoms with Crippen LogP contribution in [-0.2, 0) is 26.3 Å². The maximum absolute atomic E-state index is 12.6. The van der Waals surface area contributed by atoms with Crippen molar-refractivity contribution in [1.82, 2.24) is 4.31 Å². The van der Waals surface area contributed by atoms with Crippen LogP contribution in [0.1, 0.15) is 12.0 Å². The molecule has 0 spiro atoms. The summed E-state index contributed by atoms with van der Waals surface area (Å²) in [6.07, 6.45) is 2.69. The fraction of sp³-hybridized carbons (Fsp3) is 0.538. The van der Waals surface area contributed by atoms with E-state index in [-0.39, 0.29) is 17.2 Å². The van der Waals surface area contributed by atoms with E-state index in [4.69, 9.17) is 0 Å². The number of benzene rings is 1. The van der Waals surface area contributed by atoms with Gasteiger partial charge in [0, 0.05) is 32.1 Å². The molecule has 1 heterocycles. The third-order valence-electron chi connectivity index (χ3n) is 3.52. The molecule has 0 atom stereocenters. The monoisotopic (exact) mass is 332 g/mol. The van der Waals surface area contributed by atoms with Gasteiger partial charge in [-0.2, -0.15) is 4.31 Å². The molecule has 1 aromatic carbocycles. The molecule has 0 radical (unpaired) electrons. The summed E-state index contributed by atoms with van der Waals surface area (Å²) in [6.45, 7) is 0.790. The Bertz CT molecular complexity index is 727. The number of hydrogen-bond donors (Lipinski definition) is 1. The molecule has 21 heavy (non-hydrogen) atoms. The number of fused-ring (bicyclic) bond motifs is 1. The number of nitrogens with one attached hydrogen (secondary N) is 1. The summed E-state index contributed by atoms with van der Waals surface area (Å²) in [5, 5.41) is 3.19. The zero-order valence-corrected chi connectivity index (χ0v) is 13.8. The van der Waals surface area contributed by atoms with Crippen LogP contribution in [0, 0.1) is 0 Å². The standard InChI is InChI=1S/C13H20N2O4S2/c1-15(9-10-20(2,16)17)21(18,19)13-7-3-6-12-11(13)5-4-8-14-12/h3,6-7,14H,4-5,8-10H2,1-2H3. The first-order chi connectivity index (χ1) is 9.72. The van der Waals surface area contributed by atoms with Crippen LogP contribution < -0.4 is 5.32 Å². The van der Waals surface area contributed by atoms with Gasteiger partial charge < -0.3 is 5.32 Å². The first kappa shape index (κ1) is 16.3. The Morgan fingerprint density at radius 1 is 1.24 bits per heavy atom. The summed E-state index contributed by atoms with van der Waals surface area (Å²) >= 11 is 0. The number of rotatable bonds is 5. The van der Waals surface area contributed by atoms with Gasteiger partial charge in [0.2, 0.25) is 10.0 Å². The van der Waals surface area contributed by atoms with Gasteiger partial charge in [-0.25, -0.2) is 16.8 Å². The minimum Gasteiger partial charge on any atom is -0.385 e. The van der Waals surface area contributed by atoms with E-state index in [1.54, 1.807) is 12.1 Å². The Labute approximate surface area is 126 Å². The van der Waals surface area contributed by atoms with Crippen molar-refractivity contribution in [2.75, 3.05) is 37.5 Å². The summed E-state index contributed by atoms with van der Waals surface area (Å²) < 4.78 is 48.8. The maximum atomic E-state index is 12.6. The molecule has 0 saturated carbocycles. The van der Waals surface area contributed by atoms with E-state index in [1.807, 2.05) is 6.07 Å². The topological polar surface area (TPSA) is 83.6 Å². The minimum absolute atomic E-state index is 0.0434. The number of sulfone groups is 1. The molecule has 118 valence electrons. The van der Waals surface area contributed by atoms with Crippen molar-refractivity contribution in [2.24, 2.45) is 0 Å². The van der Waals surface area contributed by atoms with Crippen molar-refractivity contribution < 1.29 is 16.8 Å². The molecule has 0 amide bonds. The van der Waals surface area contributed by atoms with E-state index >= 15 is 0 Å². The highest BCUT2D eigenvalue weighted by molar-refractivity contribution is 7.91. The van der Waals surface area contributed by atoms with Crippen LogP contribution in [0.25, 0.3) is 0 Å². The minimum atomic E-state index is -3.67. The first-order valence-corrected chi connectivity index (χ1v) is 10.2. The third-order valence-corrected chi connectivity index (χ3v) is 6.38. The van der Waals surface area contributed by atoms with E-state index in [2.05, 4.69) is 5.32 Å². The molecular weight excluding hydrogens is 312 g/mol. The largest absolute Gasteiger partial charge is 0.385 e. The summed E-state index contributed by atoms with van der Waals surface area (Å²) in [7, 11) is -5.46. The second-order valence-electron chi connectivity index (χ2n) is 5.27. The van der Waals surface area contributed by atoms with Crippen LogP contribution >= 0.6 is 0 Å². The molecule has 0 unspecified atom stereocenters. The molecule has 1 aromatic rings. The fourth-order valence-electron chi connectivity index (χ4n) is 2.30. The normalized spacial score (nSPS) is 15.6. The molecule has 2 rings (SSSR count). The summed E-state index contributed by atoms with van der Waals surface area (Å²) in [5.41, 5.74) is 1.63. The summed E-state index contributed by atoms with van der Waals surface area (Å²) in [5.74, 6) is -0.185. The van der Waals surface area contributed by atoms with Gasteiger partial charge in [0.1, 0.15) is 9.84 Å². The van der Waals surface area contributed by atoms with Crippen molar-refractivity contribution in [3.05, 3.63) is 23.8 Å². The lowest BCUT2D eigenvalue weighted by atomic mass is 10.0. The fourth-order valence-corrected chi connectivity index (χ4v) is 4.46. The third kappa shape index (κ3) is 3.75. The highest BCUT2D eigenvalue weighted by Gasteiger charge is 2.26. The average molecular weight is 332 g/mol. The van der Waals surface area contributed by atoms with E-state index in [9.17, 15) is 16.8 Å². The van der Waals surface area contributed by atoms with Crippen molar-refractivity contribution in [1.29, 1.82) is 0 Å². The Morgan fingerprint density at radius 3 is 2.62 bits per heavy atom. The van der Waals surface area contributed by atoms with Gasteiger partial charge in [-0.1, -0.05) is 6.07 Å². The SMILES string of the molecule is CN(CCS(C)(=O)=O)S(=O)(=O)c1cccc2c1CCCN2. The summed E-state index contributed by atoms with van der Waals surface area (Å²) in [4.78, 5) is 0.267. The quantitative estimate of drug-likeness (QED) is 0.858. The van der Waals surface area contributed by atoms with Gasteiger partial charge in [0.15, 0.2) is 0 Å². The number of nitrogens with zero attached hydrogens (tertiary/aromatic N) is 1. The molecule has 0 bridgehead atoms. The second kappa shape index (κ2) is 5.94. The van der Waals surface area contributed by atoms with Gasteiger partial charge >= 0.3 is 0 Å². The van der Waals surface area contributed by atoms with Gasteiger partial charge in [-0.3, -0.25) is 0 Å². The second-order valence-corrected chi connectivity index (χ2v) is 9.54. The van der Waals surface area contributed by atoms with E-state index < -0.39 is 19.9 Å². The van der Waals surface area contributed by atoms with Crippen LogP contribution in [-0.4, -0.2) is 53.3 Å². The van der Waals surface area contributed by atoms with Crippen molar-refractivity contribution in [3.63, 3.8) is 0 Å². The number of hydrogen-bond acceptors (Lipinski definition) is 5. The van der Waals surface area contributed by atoms with E-state index in [0.717, 1.165) is 34.8 Å². The Balaban J connectivity index is 2.31. The van der Waals surface area contributed by atoms with Crippen LogP contribution in [0.2, 0.25) is 0 Å². The van der Waals surface area contributed by atoms with Crippen molar-refractivity contribution in [3.8, 4) is 0 Å². The highest BCUT2D eigenvalue weighted by Crippen LogP contribution is 2.29. The molecule has 0 saturated heterocycles. The van der Waals surface area contributed by atoms with Gasteiger partial charge in [-0.05, 0) is 30.5 Å². The molecule has 8 heteroatoms. The van der Waals surface area contributed by atoms with Crippen LogP contribution in [0.5, 0.6) is 0 Å². The van der Waals surface area contributed by atoms with Crippen molar-refractivity contribution in [2.45, 2.75) is 17.7 Å². The molecular formula is C13H20N2O4S2. The molecule has 0 aliphatic carbocycles. The smallest absolute Gasteiger partial charge is 0.243 e. The van der Waals surface area contributed by atoms with E-state index in [0.29, 0.717) is 6.42 Å². The van der Waals surface area contributed by atoms with Crippen molar-refractivity contribution >= 4 is 25.5 Å². The Morgan fingerprint density at radius 2 is 1.95 bits per heavy atom. The predicted molar refractivity (Wildman–Crippen MR) is 82.8 cm³/mol. The van der Waals surface area contributed by atoms with Gasteiger partial charge in [0.25, 0.3) is 0 Å². The lowest BCUT2D eigenvalue weighted by Crippen LogP contribution is -2.32. The lowest BCUT2D eigenvalue weighted by Gasteiger charge is -2.23. The molecule has 1 aliphatic rings. The van der Waals surface area contributed by atoms with Gasteiger partial charge in [0.05, 0.1) is 10.6 Å². The van der Waals surface area contributed by atoms with Crippen LogP contribution in [0.4, 0.5) is 5.69 Å². The maximum Gasteiger partial charge on any atom is 0.243 e. The highest BCUT2D eigenvalue weighted by atomic mass is 32.2. The number of anilines is 1. The first-order valence-electron chi connectivity index (χ1n) is 6.71. The molecule has 6 nitrogen and oxygen atoms in total. The zero-order valence-electron chi connectivity index (χ0n) is 12.2.